The zero-order valence-corrected chi connectivity index (χ0v) is 8.91. The number of nitrogens with zero attached hydrogens (tertiary/aromatic N) is 4. The van der Waals surface area contributed by atoms with Gasteiger partial charge in [0, 0.05) is 12.6 Å². The minimum Gasteiger partial charge on any atom is -0.352 e. The average molecular weight is 213 g/mol. The van der Waals surface area contributed by atoms with Gasteiger partial charge in [-0.3, -0.25) is 0 Å². The lowest BCUT2D eigenvalue weighted by molar-refractivity contribution is 0.741. The van der Waals surface area contributed by atoms with E-state index in [4.69, 9.17) is 11.6 Å². The number of anilines is 1. The van der Waals surface area contributed by atoms with Crippen molar-refractivity contribution in [2.75, 3.05) is 11.4 Å². The van der Waals surface area contributed by atoms with Crippen LogP contribution in [0.3, 0.4) is 0 Å². The molecule has 1 aliphatic rings. The topological polar surface area (TPSA) is 41.9 Å². The van der Waals surface area contributed by atoms with Gasteiger partial charge in [0.25, 0.3) is 0 Å². The Morgan fingerprint density at radius 3 is 2.93 bits per heavy atom. The summed E-state index contributed by atoms with van der Waals surface area (Å²) in [7, 11) is 0. The highest BCUT2D eigenvalue weighted by atomic mass is 35.5. The normalized spacial score (nSPS) is 15.6. The van der Waals surface area contributed by atoms with Crippen LogP contribution < -0.4 is 4.90 Å². The van der Waals surface area contributed by atoms with Crippen molar-refractivity contribution in [1.29, 1.82) is 0 Å². The van der Waals surface area contributed by atoms with Crippen LogP contribution in [0.5, 0.6) is 0 Å². The maximum atomic E-state index is 5.70. The van der Waals surface area contributed by atoms with Crippen molar-refractivity contribution in [1.82, 2.24) is 15.2 Å². The Kier molecular flexibility index (Phi) is 2.82. The van der Waals surface area contributed by atoms with Crippen molar-refractivity contribution >= 4 is 17.4 Å². The summed E-state index contributed by atoms with van der Waals surface area (Å²) in [6, 6.07) is 0.641. The second kappa shape index (κ2) is 4.09. The molecule has 0 aromatic carbocycles. The van der Waals surface area contributed by atoms with E-state index in [2.05, 4.69) is 27.0 Å². The number of rotatable bonds is 4. The van der Waals surface area contributed by atoms with Crippen LogP contribution in [0.2, 0.25) is 5.28 Å². The van der Waals surface area contributed by atoms with Gasteiger partial charge in [0.1, 0.15) is 0 Å². The lowest BCUT2D eigenvalue weighted by atomic mass is 10.4. The Hall–Kier alpha value is -0.900. The van der Waals surface area contributed by atoms with Crippen molar-refractivity contribution < 1.29 is 0 Å². The summed E-state index contributed by atoms with van der Waals surface area (Å²) in [6.07, 6.45) is 5.29. The van der Waals surface area contributed by atoms with Gasteiger partial charge < -0.3 is 4.90 Å². The van der Waals surface area contributed by atoms with Crippen LogP contribution in [0, 0.1) is 0 Å². The molecule has 14 heavy (non-hydrogen) atoms. The second-order valence-electron chi connectivity index (χ2n) is 3.51. The third-order valence-electron chi connectivity index (χ3n) is 2.27. The maximum Gasteiger partial charge on any atom is 0.244 e. The standard InChI is InChI=1S/C9H13ClN4/c1-2-5-14(7-3-4-7)8-6-11-13-9(10)12-8/h6-7H,2-5H2,1H3. The van der Waals surface area contributed by atoms with Gasteiger partial charge in [0.2, 0.25) is 5.28 Å². The molecule has 1 fully saturated rings. The van der Waals surface area contributed by atoms with E-state index < -0.39 is 0 Å². The maximum absolute atomic E-state index is 5.70. The number of hydrogen-bond donors (Lipinski definition) is 0. The summed E-state index contributed by atoms with van der Waals surface area (Å²) in [4.78, 5) is 6.44. The van der Waals surface area contributed by atoms with Crippen molar-refractivity contribution in [3.8, 4) is 0 Å². The Balaban J connectivity index is 2.16. The summed E-state index contributed by atoms with van der Waals surface area (Å²) < 4.78 is 0. The van der Waals surface area contributed by atoms with E-state index >= 15 is 0 Å². The Morgan fingerprint density at radius 1 is 1.57 bits per heavy atom. The first-order valence-corrected chi connectivity index (χ1v) is 5.31. The molecular formula is C9H13ClN4. The first kappa shape index (κ1) is 9.65. The quantitative estimate of drug-likeness (QED) is 0.765. The van der Waals surface area contributed by atoms with E-state index in [0.717, 1.165) is 18.8 Å². The molecule has 5 heteroatoms. The Bertz CT molecular complexity index is 313. The van der Waals surface area contributed by atoms with Crippen molar-refractivity contribution in [3.63, 3.8) is 0 Å². The van der Waals surface area contributed by atoms with E-state index in [1.165, 1.54) is 12.8 Å². The van der Waals surface area contributed by atoms with Crippen molar-refractivity contribution in [2.24, 2.45) is 0 Å². The predicted octanol–water partition coefficient (Wildman–Crippen LogP) is 1.90. The van der Waals surface area contributed by atoms with Crippen molar-refractivity contribution in [2.45, 2.75) is 32.2 Å². The minimum atomic E-state index is 0.226. The molecule has 0 amide bonds. The average Bonchev–Trinajstić information content (AvgIpc) is 2.97. The molecule has 0 saturated heterocycles. The summed E-state index contributed by atoms with van der Waals surface area (Å²) in [5.41, 5.74) is 0. The van der Waals surface area contributed by atoms with Crippen LogP contribution in [0.15, 0.2) is 6.20 Å². The molecular weight excluding hydrogens is 200 g/mol. The molecule has 0 radical (unpaired) electrons. The summed E-state index contributed by atoms with van der Waals surface area (Å²) >= 11 is 5.70. The molecule has 0 atom stereocenters. The molecule has 1 aromatic rings. The van der Waals surface area contributed by atoms with E-state index in [9.17, 15) is 0 Å². The minimum absolute atomic E-state index is 0.226. The number of halogens is 1. The van der Waals surface area contributed by atoms with Crippen LogP contribution in [0.4, 0.5) is 5.82 Å². The molecule has 1 aliphatic carbocycles. The molecule has 1 aromatic heterocycles. The van der Waals surface area contributed by atoms with Crippen LogP contribution in [-0.4, -0.2) is 27.8 Å². The molecule has 0 N–H and O–H groups in total. The first-order chi connectivity index (χ1) is 6.81. The fourth-order valence-electron chi connectivity index (χ4n) is 1.52. The Labute approximate surface area is 88.3 Å². The van der Waals surface area contributed by atoms with Gasteiger partial charge in [-0.05, 0) is 30.9 Å². The van der Waals surface area contributed by atoms with Gasteiger partial charge in [-0.2, -0.15) is 10.1 Å². The fraction of sp³-hybridized carbons (Fsp3) is 0.667. The highest BCUT2D eigenvalue weighted by molar-refractivity contribution is 6.28. The first-order valence-electron chi connectivity index (χ1n) is 4.93. The van der Waals surface area contributed by atoms with E-state index in [1.807, 2.05) is 0 Å². The van der Waals surface area contributed by atoms with Gasteiger partial charge in [0.15, 0.2) is 5.82 Å². The third kappa shape index (κ3) is 2.12. The lowest BCUT2D eigenvalue weighted by Gasteiger charge is -2.21. The lowest BCUT2D eigenvalue weighted by Crippen LogP contribution is -2.27. The van der Waals surface area contributed by atoms with Crippen LogP contribution in [0.1, 0.15) is 26.2 Å². The molecule has 76 valence electrons. The molecule has 1 saturated carbocycles. The van der Waals surface area contributed by atoms with Crippen LogP contribution >= 0.6 is 11.6 Å². The summed E-state index contributed by atoms with van der Waals surface area (Å²) in [5, 5.41) is 7.68. The number of aromatic nitrogens is 3. The molecule has 4 nitrogen and oxygen atoms in total. The number of hydrogen-bond acceptors (Lipinski definition) is 4. The molecule has 0 spiro atoms. The third-order valence-corrected chi connectivity index (χ3v) is 2.43. The van der Waals surface area contributed by atoms with Gasteiger partial charge >= 0.3 is 0 Å². The van der Waals surface area contributed by atoms with Gasteiger partial charge in [-0.15, -0.1) is 5.10 Å². The molecule has 0 bridgehead atoms. The molecule has 1 heterocycles. The molecule has 0 unspecified atom stereocenters. The van der Waals surface area contributed by atoms with Crippen LogP contribution in [-0.2, 0) is 0 Å². The van der Waals surface area contributed by atoms with Gasteiger partial charge in [-0.25, -0.2) is 0 Å². The highest BCUT2D eigenvalue weighted by Gasteiger charge is 2.29. The second-order valence-corrected chi connectivity index (χ2v) is 3.85. The monoisotopic (exact) mass is 212 g/mol. The van der Waals surface area contributed by atoms with E-state index in [1.54, 1.807) is 6.20 Å². The zero-order chi connectivity index (χ0) is 9.97. The SMILES string of the molecule is CCCN(c1cnnc(Cl)n1)C1CC1. The Morgan fingerprint density at radius 2 is 2.36 bits per heavy atom. The highest BCUT2D eigenvalue weighted by Crippen LogP contribution is 2.30. The molecule has 0 aliphatic heterocycles. The summed E-state index contributed by atoms with van der Waals surface area (Å²) in [6.45, 7) is 3.17. The van der Waals surface area contributed by atoms with Crippen molar-refractivity contribution in [3.05, 3.63) is 11.5 Å². The largest absolute Gasteiger partial charge is 0.352 e. The van der Waals surface area contributed by atoms with E-state index in [-0.39, 0.29) is 5.28 Å². The predicted molar refractivity (Wildman–Crippen MR) is 55.5 cm³/mol. The van der Waals surface area contributed by atoms with Crippen LogP contribution in [0.25, 0.3) is 0 Å². The fourth-order valence-corrected chi connectivity index (χ4v) is 1.65. The van der Waals surface area contributed by atoms with E-state index in [0.29, 0.717) is 6.04 Å². The summed E-state index contributed by atoms with van der Waals surface area (Å²) in [5.74, 6) is 0.856. The smallest absolute Gasteiger partial charge is 0.244 e. The zero-order valence-electron chi connectivity index (χ0n) is 8.15. The molecule has 2 rings (SSSR count). The van der Waals surface area contributed by atoms with Gasteiger partial charge in [0.05, 0.1) is 6.20 Å². The van der Waals surface area contributed by atoms with Gasteiger partial charge in [-0.1, -0.05) is 6.92 Å².